The van der Waals surface area contributed by atoms with Gasteiger partial charge in [0, 0.05) is 31.1 Å². The molecule has 1 saturated heterocycles. The topological polar surface area (TPSA) is 84.5 Å². The zero-order valence-electron chi connectivity index (χ0n) is 13.9. The lowest BCUT2D eigenvalue weighted by atomic mass is 9.88. The van der Waals surface area contributed by atoms with E-state index >= 15 is 0 Å². The fraction of sp³-hybridized carbons (Fsp3) is 0.353. The Kier molecular flexibility index (Phi) is 4.69. The summed E-state index contributed by atoms with van der Waals surface area (Å²) in [5.41, 5.74) is 0.105. The Morgan fingerprint density at radius 1 is 1.28 bits per heavy atom. The van der Waals surface area contributed by atoms with Crippen LogP contribution < -0.4 is 15.2 Å². The van der Waals surface area contributed by atoms with E-state index in [4.69, 9.17) is 9.47 Å². The molecule has 0 saturated carbocycles. The third kappa shape index (κ3) is 3.33. The van der Waals surface area contributed by atoms with E-state index in [1.165, 1.54) is 26.4 Å². The van der Waals surface area contributed by atoms with Crippen LogP contribution in [0.15, 0.2) is 35.1 Å². The standard InChI is InChI=1S/C17H18FN3O4/c1-24-10-3-4-11(14(18)7-10)12-8-21(9-13(12)17(23)25-2)15-5-6-16(22)20-19-15/h3-7,12-13H,8-9H2,1-2H3,(H,20,22)/t12-,13+/m0/s1. The van der Waals surface area contributed by atoms with Crippen LogP contribution in [0.2, 0.25) is 0 Å². The van der Waals surface area contributed by atoms with Crippen LogP contribution in [0.4, 0.5) is 10.2 Å². The van der Waals surface area contributed by atoms with E-state index in [9.17, 15) is 14.0 Å². The van der Waals surface area contributed by atoms with Crippen LogP contribution in [-0.2, 0) is 9.53 Å². The van der Waals surface area contributed by atoms with Crippen molar-refractivity contribution in [1.29, 1.82) is 0 Å². The molecule has 0 radical (unpaired) electrons. The molecule has 0 amide bonds. The summed E-state index contributed by atoms with van der Waals surface area (Å²) >= 11 is 0. The molecule has 0 unspecified atom stereocenters. The molecule has 0 bridgehead atoms. The van der Waals surface area contributed by atoms with Crippen molar-refractivity contribution in [3.8, 4) is 5.75 Å². The summed E-state index contributed by atoms with van der Waals surface area (Å²) in [4.78, 5) is 25.2. The number of nitrogens with zero attached hydrogens (tertiary/aromatic N) is 2. The molecule has 1 N–H and O–H groups in total. The lowest BCUT2D eigenvalue weighted by Gasteiger charge is -2.18. The number of nitrogens with one attached hydrogen (secondary N) is 1. The van der Waals surface area contributed by atoms with Gasteiger partial charge in [-0.2, -0.15) is 5.10 Å². The Morgan fingerprint density at radius 2 is 2.08 bits per heavy atom. The SMILES string of the molecule is COC(=O)[C@@H]1CN(c2ccc(=O)[nH]n2)C[C@H]1c1ccc(OC)cc1F. The normalized spacial score (nSPS) is 19.7. The third-order valence-corrected chi connectivity index (χ3v) is 4.42. The monoisotopic (exact) mass is 347 g/mol. The summed E-state index contributed by atoms with van der Waals surface area (Å²) in [7, 11) is 2.77. The number of aromatic nitrogens is 2. The Morgan fingerprint density at radius 3 is 2.68 bits per heavy atom. The van der Waals surface area contributed by atoms with Crippen molar-refractivity contribution >= 4 is 11.8 Å². The molecule has 25 heavy (non-hydrogen) atoms. The summed E-state index contributed by atoms with van der Waals surface area (Å²) in [5, 5.41) is 6.34. The number of H-pyrrole nitrogens is 1. The number of ether oxygens (including phenoxy) is 2. The van der Waals surface area contributed by atoms with Crippen molar-refractivity contribution in [3.05, 3.63) is 52.1 Å². The molecule has 1 aliphatic heterocycles. The fourth-order valence-corrected chi connectivity index (χ4v) is 3.15. The maximum absolute atomic E-state index is 14.5. The Hall–Kier alpha value is -2.90. The third-order valence-electron chi connectivity index (χ3n) is 4.42. The Balaban J connectivity index is 1.94. The van der Waals surface area contributed by atoms with Crippen molar-refractivity contribution in [2.75, 3.05) is 32.2 Å². The van der Waals surface area contributed by atoms with E-state index in [2.05, 4.69) is 10.2 Å². The zero-order chi connectivity index (χ0) is 18.0. The van der Waals surface area contributed by atoms with Crippen LogP contribution in [0.5, 0.6) is 5.75 Å². The van der Waals surface area contributed by atoms with Gasteiger partial charge in [0.05, 0.1) is 20.1 Å². The van der Waals surface area contributed by atoms with E-state index in [0.29, 0.717) is 30.2 Å². The number of rotatable bonds is 4. The molecule has 8 heteroatoms. The molecule has 2 atom stereocenters. The fourth-order valence-electron chi connectivity index (χ4n) is 3.15. The molecule has 3 rings (SSSR count). The number of methoxy groups -OCH3 is 2. The molecular weight excluding hydrogens is 329 g/mol. The van der Waals surface area contributed by atoms with Gasteiger partial charge in [-0.05, 0) is 17.7 Å². The number of aromatic amines is 1. The van der Waals surface area contributed by atoms with Gasteiger partial charge >= 0.3 is 5.97 Å². The number of carbonyl (C=O) groups excluding carboxylic acids is 1. The molecule has 2 aromatic rings. The van der Waals surface area contributed by atoms with Gasteiger partial charge in [-0.3, -0.25) is 9.59 Å². The Bertz CT molecular complexity index is 818. The largest absolute Gasteiger partial charge is 0.497 e. The van der Waals surface area contributed by atoms with Crippen molar-refractivity contribution in [3.63, 3.8) is 0 Å². The van der Waals surface area contributed by atoms with Gasteiger partial charge in [0.1, 0.15) is 17.4 Å². The first-order valence-electron chi connectivity index (χ1n) is 7.75. The summed E-state index contributed by atoms with van der Waals surface area (Å²) in [6.07, 6.45) is 0. The lowest BCUT2D eigenvalue weighted by molar-refractivity contribution is -0.145. The summed E-state index contributed by atoms with van der Waals surface area (Å²) in [6.45, 7) is 0.698. The first kappa shape index (κ1) is 16.9. The molecular formula is C17H18FN3O4. The molecule has 132 valence electrons. The van der Waals surface area contributed by atoms with E-state index in [0.717, 1.165) is 0 Å². The lowest BCUT2D eigenvalue weighted by Crippen LogP contribution is -2.25. The quantitative estimate of drug-likeness (QED) is 0.840. The average molecular weight is 347 g/mol. The molecule has 0 aliphatic carbocycles. The summed E-state index contributed by atoms with van der Waals surface area (Å²) in [5.74, 6) is -0.853. The summed E-state index contributed by atoms with van der Waals surface area (Å²) in [6, 6.07) is 7.51. The van der Waals surface area contributed by atoms with Crippen LogP contribution in [0.25, 0.3) is 0 Å². The average Bonchev–Trinajstić information content (AvgIpc) is 3.06. The predicted molar refractivity (Wildman–Crippen MR) is 88.3 cm³/mol. The number of hydrogen-bond acceptors (Lipinski definition) is 6. The van der Waals surface area contributed by atoms with Crippen LogP contribution in [0.1, 0.15) is 11.5 Å². The van der Waals surface area contributed by atoms with Crippen molar-refractivity contribution < 1.29 is 18.7 Å². The van der Waals surface area contributed by atoms with Crippen LogP contribution in [0.3, 0.4) is 0 Å². The molecule has 1 aromatic heterocycles. The molecule has 0 spiro atoms. The smallest absolute Gasteiger partial charge is 0.311 e. The van der Waals surface area contributed by atoms with Crippen molar-refractivity contribution in [1.82, 2.24) is 10.2 Å². The minimum Gasteiger partial charge on any atom is -0.497 e. The van der Waals surface area contributed by atoms with Crippen LogP contribution in [0, 0.1) is 11.7 Å². The van der Waals surface area contributed by atoms with Gasteiger partial charge in [-0.25, -0.2) is 9.49 Å². The van der Waals surface area contributed by atoms with Gasteiger partial charge in [0.25, 0.3) is 5.56 Å². The second-order valence-electron chi connectivity index (χ2n) is 5.81. The number of halogens is 1. The maximum Gasteiger partial charge on any atom is 0.311 e. The second-order valence-corrected chi connectivity index (χ2v) is 5.81. The van der Waals surface area contributed by atoms with Gasteiger partial charge in [0.2, 0.25) is 0 Å². The minimum absolute atomic E-state index is 0.315. The van der Waals surface area contributed by atoms with E-state index in [-0.39, 0.29) is 5.56 Å². The molecule has 1 fully saturated rings. The van der Waals surface area contributed by atoms with Crippen molar-refractivity contribution in [2.45, 2.75) is 5.92 Å². The van der Waals surface area contributed by atoms with Gasteiger partial charge in [0.15, 0.2) is 0 Å². The number of benzene rings is 1. The summed E-state index contributed by atoms with van der Waals surface area (Å²) < 4.78 is 24.4. The predicted octanol–water partition coefficient (Wildman–Crippen LogP) is 1.31. The first-order chi connectivity index (χ1) is 12.0. The molecule has 1 aliphatic rings. The number of carbonyl (C=O) groups is 1. The number of anilines is 1. The number of esters is 1. The van der Waals surface area contributed by atoms with Crippen LogP contribution >= 0.6 is 0 Å². The van der Waals surface area contributed by atoms with E-state index in [1.54, 1.807) is 18.2 Å². The number of hydrogen-bond donors (Lipinski definition) is 1. The molecule has 1 aromatic carbocycles. The van der Waals surface area contributed by atoms with Gasteiger partial charge in [-0.15, -0.1) is 0 Å². The van der Waals surface area contributed by atoms with Gasteiger partial charge < -0.3 is 14.4 Å². The van der Waals surface area contributed by atoms with E-state index in [1.807, 2.05) is 4.90 Å². The molecule has 2 heterocycles. The highest BCUT2D eigenvalue weighted by Crippen LogP contribution is 2.37. The van der Waals surface area contributed by atoms with E-state index < -0.39 is 23.6 Å². The second kappa shape index (κ2) is 6.92. The van der Waals surface area contributed by atoms with Crippen molar-refractivity contribution in [2.24, 2.45) is 5.92 Å². The Labute approximate surface area is 143 Å². The zero-order valence-corrected chi connectivity index (χ0v) is 13.9. The maximum atomic E-state index is 14.5. The highest BCUT2D eigenvalue weighted by Gasteiger charge is 2.41. The van der Waals surface area contributed by atoms with Gasteiger partial charge in [-0.1, -0.05) is 6.07 Å². The van der Waals surface area contributed by atoms with Crippen LogP contribution in [-0.4, -0.2) is 43.5 Å². The minimum atomic E-state index is -0.540. The highest BCUT2D eigenvalue weighted by molar-refractivity contribution is 5.75. The highest BCUT2D eigenvalue weighted by atomic mass is 19.1. The molecule has 7 nitrogen and oxygen atoms in total. The first-order valence-corrected chi connectivity index (χ1v) is 7.75.